The molecule has 0 atom stereocenters. The van der Waals surface area contributed by atoms with E-state index in [9.17, 15) is 9.59 Å². The Morgan fingerprint density at radius 1 is 1.36 bits per heavy atom. The van der Waals surface area contributed by atoms with Crippen molar-refractivity contribution < 1.29 is 4.79 Å². The van der Waals surface area contributed by atoms with Crippen molar-refractivity contribution in [2.45, 2.75) is 32.0 Å². The molecule has 3 aromatic rings. The summed E-state index contributed by atoms with van der Waals surface area (Å²) in [5, 5.41) is 5.24. The fourth-order valence-electron chi connectivity index (χ4n) is 2.48. The van der Waals surface area contributed by atoms with E-state index < -0.39 is 0 Å². The Bertz CT molecular complexity index is 976. The number of aromatic nitrogens is 2. The Morgan fingerprint density at radius 2 is 2.16 bits per heavy atom. The minimum absolute atomic E-state index is 0.0737. The summed E-state index contributed by atoms with van der Waals surface area (Å²) in [4.78, 5) is 29.6. The number of amides is 1. The van der Waals surface area contributed by atoms with E-state index in [0.717, 1.165) is 11.3 Å². The molecule has 0 aliphatic carbocycles. The Kier molecular flexibility index (Phi) is 5.24. The van der Waals surface area contributed by atoms with E-state index in [2.05, 4.69) is 10.3 Å². The number of nitrogens with zero attached hydrogens (tertiary/aromatic N) is 2. The van der Waals surface area contributed by atoms with Gasteiger partial charge in [0.1, 0.15) is 4.70 Å². The van der Waals surface area contributed by atoms with Crippen LogP contribution < -0.4 is 10.9 Å². The van der Waals surface area contributed by atoms with Crippen molar-refractivity contribution in [3.8, 4) is 5.69 Å². The fourth-order valence-corrected chi connectivity index (χ4v) is 4.06. The molecule has 0 spiro atoms. The van der Waals surface area contributed by atoms with Crippen molar-refractivity contribution in [1.82, 2.24) is 14.9 Å². The molecule has 3 rings (SSSR count). The molecule has 2 aromatic heterocycles. The van der Waals surface area contributed by atoms with Crippen LogP contribution in [0.4, 0.5) is 0 Å². The van der Waals surface area contributed by atoms with Crippen LogP contribution in [-0.2, 0) is 4.79 Å². The predicted octanol–water partition coefficient (Wildman–Crippen LogP) is 3.37. The maximum atomic E-state index is 13.0. The summed E-state index contributed by atoms with van der Waals surface area (Å²) in [5.41, 5.74) is 2.40. The van der Waals surface area contributed by atoms with Gasteiger partial charge in [-0.15, -0.1) is 11.3 Å². The first-order chi connectivity index (χ1) is 12.0. The van der Waals surface area contributed by atoms with Crippen molar-refractivity contribution in [3.05, 3.63) is 51.6 Å². The molecular formula is C18H19N3O2S2. The Hall–Kier alpha value is -2.12. The highest BCUT2D eigenvalue weighted by molar-refractivity contribution is 7.99. The maximum absolute atomic E-state index is 13.0. The molecule has 0 aliphatic rings. The van der Waals surface area contributed by atoms with Gasteiger partial charge in [0.15, 0.2) is 5.16 Å². The van der Waals surface area contributed by atoms with Gasteiger partial charge in [-0.3, -0.25) is 14.2 Å². The topological polar surface area (TPSA) is 64.0 Å². The third-order valence-corrected chi connectivity index (χ3v) is 5.32. The quantitative estimate of drug-likeness (QED) is 0.550. The summed E-state index contributed by atoms with van der Waals surface area (Å²) in [6.45, 7) is 5.82. The molecule has 5 nitrogen and oxygen atoms in total. The van der Waals surface area contributed by atoms with Crippen LogP contribution in [0.1, 0.15) is 19.4 Å². The standard InChI is InChI=1S/C18H19N3O2S2/c1-11(2)19-15(22)10-25-18-20-14-7-8-24-16(14)17(23)21(18)13-6-4-5-12(3)9-13/h4-9,11H,10H2,1-3H3,(H,19,22). The SMILES string of the molecule is Cc1cccc(-n2c(SCC(=O)NC(C)C)nc3ccsc3c2=O)c1. The maximum Gasteiger partial charge on any atom is 0.276 e. The molecular weight excluding hydrogens is 354 g/mol. The molecule has 0 aliphatic heterocycles. The Balaban J connectivity index is 2.05. The van der Waals surface area contributed by atoms with E-state index in [1.165, 1.54) is 23.1 Å². The zero-order chi connectivity index (χ0) is 18.0. The minimum atomic E-state index is -0.0997. The second kappa shape index (κ2) is 7.41. The number of thioether (sulfide) groups is 1. The second-order valence-corrected chi connectivity index (χ2v) is 7.88. The van der Waals surface area contributed by atoms with Gasteiger partial charge in [0.05, 0.1) is 17.0 Å². The number of carbonyl (C=O) groups is 1. The van der Waals surface area contributed by atoms with Gasteiger partial charge in [0.2, 0.25) is 5.91 Å². The summed E-state index contributed by atoms with van der Waals surface area (Å²) in [5.74, 6) is 0.141. The molecule has 0 saturated carbocycles. The van der Waals surface area contributed by atoms with Crippen molar-refractivity contribution in [3.63, 3.8) is 0 Å². The summed E-state index contributed by atoms with van der Waals surface area (Å²) in [6, 6.07) is 9.64. The average molecular weight is 374 g/mol. The van der Waals surface area contributed by atoms with Gasteiger partial charge < -0.3 is 5.32 Å². The number of thiophene rings is 1. The van der Waals surface area contributed by atoms with Gasteiger partial charge in [-0.2, -0.15) is 0 Å². The summed E-state index contributed by atoms with van der Waals surface area (Å²) in [7, 11) is 0. The zero-order valence-corrected chi connectivity index (χ0v) is 15.9. The lowest BCUT2D eigenvalue weighted by Gasteiger charge is -2.13. The van der Waals surface area contributed by atoms with E-state index in [4.69, 9.17) is 0 Å². The first kappa shape index (κ1) is 17.7. The molecule has 0 fully saturated rings. The number of rotatable bonds is 5. The number of carbonyl (C=O) groups excluding carboxylic acids is 1. The van der Waals surface area contributed by atoms with Crippen LogP contribution in [0.3, 0.4) is 0 Å². The van der Waals surface area contributed by atoms with Gasteiger partial charge in [-0.1, -0.05) is 23.9 Å². The predicted molar refractivity (Wildman–Crippen MR) is 104 cm³/mol. The van der Waals surface area contributed by atoms with E-state index in [0.29, 0.717) is 15.4 Å². The highest BCUT2D eigenvalue weighted by Gasteiger charge is 2.16. The molecule has 0 radical (unpaired) electrons. The normalized spacial score (nSPS) is 11.2. The van der Waals surface area contributed by atoms with Gasteiger partial charge in [-0.05, 0) is 49.9 Å². The summed E-state index contributed by atoms with van der Waals surface area (Å²) >= 11 is 2.66. The molecule has 2 heterocycles. The smallest absolute Gasteiger partial charge is 0.276 e. The number of hydrogen-bond donors (Lipinski definition) is 1. The minimum Gasteiger partial charge on any atom is -0.353 e. The van der Waals surface area contributed by atoms with Crippen LogP contribution in [0.25, 0.3) is 15.9 Å². The summed E-state index contributed by atoms with van der Waals surface area (Å²) < 4.78 is 2.22. The van der Waals surface area contributed by atoms with Crippen LogP contribution in [0, 0.1) is 6.92 Å². The average Bonchev–Trinajstić information content (AvgIpc) is 3.01. The summed E-state index contributed by atoms with van der Waals surface area (Å²) in [6.07, 6.45) is 0. The van der Waals surface area contributed by atoms with Crippen molar-refractivity contribution in [2.24, 2.45) is 0 Å². The van der Waals surface area contributed by atoms with Crippen LogP contribution in [0.15, 0.2) is 45.7 Å². The third kappa shape index (κ3) is 3.93. The monoisotopic (exact) mass is 373 g/mol. The zero-order valence-electron chi connectivity index (χ0n) is 14.3. The van der Waals surface area contributed by atoms with Crippen LogP contribution in [-0.4, -0.2) is 27.3 Å². The van der Waals surface area contributed by atoms with E-state index in [-0.39, 0.29) is 23.3 Å². The van der Waals surface area contributed by atoms with Crippen molar-refractivity contribution >= 4 is 39.2 Å². The highest BCUT2D eigenvalue weighted by Crippen LogP contribution is 2.23. The lowest BCUT2D eigenvalue weighted by molar-refractivity contribution is -0.119. The number of hydrogen-bond acceptors (Lipinski definition) is 5. The van der Waals surface area contributed by atoms with Crippen molar-refractivity contribution in [1.29, 1.82) is 0 Å². The highest BCUT2D eigenvalue weighted by atomic mass is 32.2. The van der Waals surface area contributed by atoms with E-state index >= 15 is 0 Å². The molecule has 0 unspecified atom stereocenters. The Morgan fingerprint density at radius 3 is 2.88 bits per heavy atom. The largest absolute Gasteiger partial charge is 0.353 e. The Labute approximate surface area is 154 Å². The van der Waals surface area contributed by atoms with Gasteiger partial charge >= 0.3 is 0 Å². The number of fused-ring (bicyclic) bond motifs is 1. The first-order valence-corrected chi connectivity index (χ1v) is 9.81. The molecule has 25 heavy (non-hydrogen) atoms. The number of benzene rings is 1. The lowest BCUT2D eigenvalue weighted by atomic mass is 10.2. The molecule has 0 bridgehead atoms. The van der Waals surface area contributed by atoms with Crippen LogP contribution >= 0.6 is 23.1 Å². The molecule has 1 aromatic carbocycles. The molecule has 0 saturated heterocycles. The van der Waals surface area contributed by atoms with Crippen LogP contribution in [0.5, 0.6) is 0 Å². The molecule has 130 valence electrons. The first-order valence-electron chi connectivity index (χ1n) is 7.95. The number of aryl methyl sites for hydroxylation is 1. The van der Waals surface area contributed by atoms with E-state index in [1.54, 1.807) is 4.57 Å². The van der Waals surface area contributed by atoms with Gasteiger partial charge in [-0.25, -0.2) is 4.98 Å². The molecule has 1 amide bonds. The van der Waals surface area contributed by atoms with Crippen LogP contribution in [0.2, 0.25) is 0 Å². The number of nitrogens with one attached hydrogen (secondary N) is 1. The van der Waals surface area contributed by atoms with Crippen molar-refractivity contribution in [2.75, 3.05) is 5.75 Å². The fraction of sp³-hybridized carbons (Fsp3) is 0.278. The van der Waals surface area contributed by atoms with Gasteiger partial charge in [0, 0.05) is 6.04 Å². The lowest BCUT2D eigenvalue weighted by Crippen LogP contribution is -2.31. The second-order valence-electron chi connectivity index (χ2n) is 6.02. The third-order valence-electron chi connectivity index (χ3n) is 3.49. The molecule has 1 N–H and O–H groups in total. The molecule has 7 heteroatoms. The van der Waals surface area contributed by atoms with E-state index in [1.807, 2.05) is 56.5 Å². The van der Waals surface area contributed by atoms with Gasteiger partial charge in [0.25, 0.3) is 5.56 Å².